The van der Waals surface area contributed by atoms with E-state index in [1.165, 1.54) is 14.2 Å². The first-order valence-corrected chi connectivity index (χ1v) is 8.57. The first kappa shape index (κ1) is 18.7. The van der Waals surface area contributed by atoms with E-state index in [0.29, 0.717) is 33.9 Å². The van der Waals surface area contributed by atoms with Crippen LogP contribution in [0.5, 0.6) is 11.5 Å². The van der Waals surface area contributed by atoms with Crippen LogP contribution in [0.3, 0.4) is 0 Å². The van der Waals surface area contributed by atoms with Crippen LogP contribution in [0.25, 0.3) is 10.9 Å². The number of aromatic carboxylic acids is 1. The Labute approximate surface area is 160 Å². The van der Waals surface area contributed by atoms with Crippen LogP contribution in [0, 0.1) is 0 Å². The Hall–Kier alpha value is -3.06. The summed E-state index contributed by atoms with van der Waals surface area (Å²) in [5.74, 6) is 0.345. The molecule has 0 aliphatic rings. The Morgan fingerprint density at radius 1 is 1.15 bits per heavy atom. The van der Waals surface area contributed by atoms with Gasteiger partial charge in [-0.1, -0.05) is 13.0 Å². The Morgan fingerprint density at radius 2 is 1.85 bits per heavy atom. The summed E-state index contributed by atoms with van der Waals surface area (Å²) in [4.78, 5) is 20.1. The molecule has 1 heterocycles. The number of fused-ring (bicyclic) bond motifs is 1. The molecule has 1 aromatic heterocycles. The summed E-state index contributed by atoms with van der Waals surface area (Å²) in [6, 6.07) is 8.62. The van der Waals surface area contributed by atoms with Crippen LogP contribution in [-0.2, 0) is 6.42 Å². The van der Waals surface area contributed by atoms with Gasteiger partial charge in [0.25, 0.3) is 0 Å². The second kappa shape index (κ2) is 7.67. The number of methoxy groups -OCH3 is 2. The monoisotopic (exact) mass is 387 g/mol. The number of nitrogens with zero attached hydrogens (tertiary/aromatic N) is 2. The molecule has 8 heteroatoms. The zero-order valence-corrected chi connectivity index (χ0v) is 15.8. The molecule has 0 aliphatic heterocycles. The van der Waals surface area contributed by atoms with Crippen LogP contribution in [0.15, 0.2) is 30.3 Å². The Balaban J connectivity index is 2.16. The summed E-state index contributed by atoms with van der Waals surface area (Å²) >= 11 is 6.06. The van der Waals surface area contributed by atoms with E-state index in [1.807, 2.05) is 13.0 Å². The summed E-state index contributed by atoms with van der Waals surface area (Å²) in [6.07, 6.45) is 0.736. The Morgan fingerprint density at radius 3 is 2.48 bits per heavy atom. The van der Waals surface area contributed by atoms with Gasteiger partial charge < -0.3 is 19.9 Å². The number of halogens is 1. The predicted octanol–water partition coefficient (Wildman–Crippen LogP) is 4.30. The first-order valence-electron chi connectivity index (χ1n) is 8.19. The lowest BCUT2D eigenvalue weighted by molar-refractivity contribution is 0.0698. The minimum Gasteiger partial charge on any atom is -0.493 e. The number of carbonyl (C=O) groups is 1. The van der Waals surface area contributed by atoms with E-state index in [-0.39, 0.29) is 10.8 Å². The maximum Gasteiger partial charge on any atom is 0.337 e. The smallest absolute Gasteiger partial charge is 0.337 e. The molecule has 2 N–H and O–H groups in total. The molecule has 27 heavy (non-hydrogen) atoms. The predicted molar refractivity (Wildman–Crippen MR) is 104 cm³/mol. The third-order valence-corrected chi connectivity index (χ3v) is 4.32. The lowest BCUT2D eigenvalue weighted by atomic mass is 10.1. The van der Waals surface area contributed by atoms with Gasteiger partial charge in [0.05, 0.1) is 31.0 Å². The van der Waals surface area contributed by atoms with Gasteiger partial charge in [0.15, 0.2) is 11.5 Å². The molecule has 0 spiro atoms. The number of aryl methyl sites for hydroxylation is 1. The number of aromatic nitrogens is 2. The summed E-state index contributed by atoms with van der Waals surface area (Å²) < 4.78 is 10.6. The van der Waals surface area contributed by atoms with Crippen LogP contribution < -0.4 is 14.8 Å². The highest BCUT2D eigenvalue weighted by Crippen LogP contribution is 2.35. The third-order valence-electron chi connectivity index (χ3n) is 4.15. The minimum atomic E-state index is -1.03. The fraction of sp³-hybridized carbons (Fsp3) is 0.211. The molecule has 0 radical (unpaired) electrons. The van der Waals surface area contributed by atoms with E-state index < -0.39 is 5.97 Å². The molecule has 0 fully saturated rings. The molecule has 0 saturated carbocycles. The Bertz CT molecular complexity index is 1020. The molecule has 0 atom stereocenters. The largest absolute Gasteiger partial charge is 0.493 e. The van der Waals surface area contributed by atoms with Gasteiger partial charge in [0.2, 0.25) is 5.28 Å². The lowest BCUT2D eigenvalue weighted by Crippen LogP contribution is -2.05. The number of anilines is 2. The average molecular weight is 388 g/mol. The van der Waals surface area contributed by atoms with Gasteiger partial charge in [-0.3, -0.25) is 0 Å². The number of hydrogen-bond donors (Lipinski definition) is 2. The number of ether oxygens (including phenoxy) is 2. The highest BCUT2D eigenvalue weighted by atomic mass is 35.5. The zero-order valence-electron chi connectivity index (χ0n) is 15.0. The molecular weight excluding hydrogens is 370 g/mol. The van der Waals surface area contributed by atoms with Gasteiger partial charge in [-0.05, 0) is 41.8 Å². The van der Waals surface area contributed by atoms with Gasteiger partial charge >= 0.3 is 5.97 Å². The van der Waals surface area contributed by atoms with Crippen molar-refractivity contribution in [2.45, 2.75) is 13.3 Å². The fourth-order valence-electron chi connectivity index (χ4n) is 2.75. The number of rotatable bonds is 6. The number of benzene rings is 2. The standard InChI is InChI=1S/C19H18ClN3O4/c1-4-10-5-6-13(12(7-10)18(24)25)21-17-11-8-15(26-2)16(27-3)9-14(11)22-19(20)23-17/h5-9H,4H2,1-3H3,(H,24,25)(H,21,22,23). The molecule has 7 nitrogen and oxygen atoms in total. The van der Waals surface area contributed by atoms with E-state index in [4.69, 9.17) is 21.1 Å². The van der Waals surface area contributed by atoms with E-state index >= 15 is 0 Å². The zero-order chi connectivity index (χ0) is 19.6. The van der Waals surface area contributed by atoms with E-state index in [2.05, 4.69) is 15.3 Å². The van der Waals surface area contributed by atoms with Gasteiger partial charge in [0, 0.05) is 11.5 Å². The maximum atomic E-state index is 11.7. The molecule has 0 unspecified atom stereocenters. The van der Waals surface area contributed by atoms with Gasteiger partial charge in [-0.15, -0.1) is 0 Å². The van der Waals surface area contributed by atoms with Crippen LogP contribution in [-0.4, -0.2) is 35.3 Å². The van der Waals surface area contributed by atoms with Crippen molar-refractivity contribution >= 4 is 40.0 Å². The normalized spacial score (nSPS) is 10.7. The second-order valence-corrected chi connectivity index (χ2v) is 6.07. The van der Waals surface area contributed by atoms with Gasteiger partial charge in [0.1, 0.15) is 5.82 Å². The van der Waals surface area contributed by atoms with Crippen molar-refractivity contribution in [3.05, 3.63) is 46.7 Å². The van der Waals surface area contributed by atoms with Crippen molar-refractivity contribution in [2.24, 2.45) is 0 Å². The average Bonchev–Trinajstić information content (AvgIpc) is 2.66. The fourth-order valence-corrected chi connectivity index (χ4v) is 2.92. The second-order valence-electron chi connectivity index (χ2n) is 5.73. The molecule has 140 valence electrons. The number of carboxylic acids is 1. The van der Waals surface area contributed by atoms with Crippen LogP contribution in [0.1, 0.15) is 22.8 Å². The van der Waals surface area contributed by atoms with Crippen molar-refractivity contribution in [2.75, 3.05) is 19.5 Å². The van der Waals surface area contributed by atoms with E-state index in [0.717, 1.165) is 12.0 Å². The van der Waals surface area contributed by atoms with Gasteiger partial charge in [-0.25, -0.2) is 9.78 Å². The summed E-state index contributed by atoms with van der Waals surface area (Å²) in [5.41, 5.74) is 2.02. The first-order chi connectivity index (χ1) is 13.0. The van der Waals surface area contributed by atoms with Crippen LogP contribution >= 0.6 is 11.6 Å². The third kappa shape index (κ3) is 3.73. The molecule has 0 aliphatic carbocycles. The van der Waals surface area contributed by atoms with Crippen LogP contribution in [0.2, 0.25) is 5.28 Å². The molecule has 3 rings (SSSR count). The number of hydrogen-bond acceptors (Lipinski definition) is 6. The molecular formula is C19H18ClN3O4. The lowest BCUT2D eigenvalue weighted by Gasteiger charge is -2.14. The van der Waals surface area contributed by atoms with Crippen LogP contribution in [0.4, 0.5) is 11.5 Å². The highest BCUT2D eigenvalue weighted by Gasteiger charge is 2.16. The molecule has 2 aromatic carbocycles. The molecule has 0 saturated heterocycles. The topological polar surface area (TPSA) is 93.6 Å². The van der Waals surface area contributed by atoms with Crippen molar-refractivity contribution in [3.63, 3.8) is 0 Å². The van der Waals surface area contributed by atoms with Crippen molar-refractivity contribution in [1.82, 2.24) is 9.97 Å². The van der Waals surface area contributed by atoms with Crippen molar-refractivity contribution < 1.29 is 19.4 Å². The van der Waals surface area contributed by atoms with E-state index in [1.54, 1.807) is 24.3 Å². The number of nitrogens with one attached hydrogen (secondary N) is 1. The number of carboxylic acid groups (broad SMARTS) is 1. The molecule has 0 bridgehead atoms. The minimum absolute atomic E-state index is 0.0271. The Kier molecular flexibility index (Phi) is 5.32. The van der Waals surface area contributed by atoms with Crippen molar-refractivity contribution in [3.8, 4) is 11.5 Å². The summed E-state index contributed by atoms with van der Waals surface area (Å²) in [6.45, 7) is 1.96. The highest BCUT2D eigenvalue weighted by molar-refractivity contribution is 6.29. The SMILES string of the molecule is CCc1ccc(Nc2nc(Cl)nc3cc(OC)c(OC)cc23)c(C(=O)O)c1. The molecule has 3 aromatic rings. The van der Waals surface area contributed by atoms with Gasteiger partial charge in [-0.2, -0.15) is 4.98 Å². The van der Waals surface area contributed by atoms with E-state index in [9.17, 15) is 9.90 Å². The maximum absolute atomic E-state index is 11.7. The van der Waals surface area contributed by atoms with Crippen molar-refractivity contribution in [1.29, 1.82) is 0 Å². The summed E-state index contributed by atoms with van der Waals surface area (Å²) in [7, 11) is 3.06. The quantitative estimate of drug-likeness (QED) is 0.609. The molecule has 0 amide bonds. The summed E-state index contributed by atoms with van der Waals surface area (Å²) in [5, 5.41) is 13.3.